The van der Waals surface area contributed by atoms with Crippen molar-refractivity contribution in [1.29, 1.82) is 0 Å². The van der Waals surface area contributed by atoms with Crippen LogP contribution in [0.5, 0.6) is 5.75 Å². The van der Waals surface area contributed by atoms with Crippen molar-refractivity contribution in [2.75, 3.05) is 30.4 Å². The second-order valence-corrected chi connectivity index (χ2v) is 7.39. The number of methoxy groups -OCH3 is 1. The third kappa shape index (κ3) is 4.10. The number of amides is 1. The minimum Gasteiger partial charge on any atom is -0.496 e. The largest absolute Gasteiger partial charge is 0.496 e. The van der Waals surface area contributed by atoms with E-state index < -0.39 is 0 Å². The fraction of sp³-hybridized carbons (Fsp3) is 0.304. The van der Waals surface area contributed by atoms with Crippen molar-refractivity contribution in [3.63, 3.8) is 0 Å². The molecule has 7 heteroatoms. The molecule has 2 aromatic carbocycles. The second kappa shape index (κ2) is 8.49. The molecule has 7 nitrogen and oxygen atoms in total. The molecule has 3 aromatic rings. The molecule has 0 radical (unpaired) electrons. The summed E-state index contributed by atoms with van der Waals surface area (Å²) in [5.74, 6) is 1.43. The Kier molecular flexibility index (Phi) is 5.61. The van der Waals surface area contributed by atoms with Gasteiger partial charge in [0.25, 0.3) is 0 Å². The monoisotopic (exact) mass is 404 g/mol. The predicted molar refractivity (Wildman–Crippen MR) is 116 cm³/mol. The molecule has 1 fully saturated rings. The van der Waals surface area contributed by atoms with Crippen molar-refractivity contribution in [3.05, 3.63) is 53.6 Å². The fourth-order valence-corrected chi connectivity index (χ4v) is 3.71. The molecular formula is C23H24N4O3. The zero-order valence-corrected chi connectivity index (χ0v) is 17.1. The maximum Gasteiger partial charge on any atom is 0.230 e. The number of Topliss-reactive ketones (excluding diaryl/α,β-unsaturated/α-hetero) is 1. The number of ketones is 1. The lowest BCUT2D eigenvalue weighted by molar-refractivity contribution is -0.115. The molecule has 2 heterocycles. The summed E-state index contributed by atoms with van der Waals surface area (Å²) in [5, 5.41) is 2.93. The Morgan fingerprint density at radius 3 is 2.43 bits per heavy atom. The van der Waals surface area contributed by atoms with Gasteiger partial charge in [-0.3, -0.25) is 9.59 Å². The van der Waals surface area contributed by atoms with Crippen LogP contribution in [-0.2, 0) is 11.2 Å². The van der Waals surface area contributed by atoms with Crippen LogP contribution in [0, 0.1) is 0 Å². The minimum atomic E-state index is -0.237. The van der Waals surface area contributed by atoms with E-state index in [1.54, 1.807) is 25.3 Å². The van der Waals surface area contributed by atoms with E-state index in [4.69, 9.17) is 9.72 Å². The SMILES string of the molecule is COc1ccc(C(C)=O)cc1CC(=O)Nc1nc2ccccc2nc1N1CCCC1. The third-order valence-electron chi connectivity index (χ3n) is 5.25. The molecule has 0 unspecified atom stereocenters. The molecule has 1 aromatic heterocycles. The van der Waals surface area contributed by atoms with Gasteiger partial charge in [0.15, 0.2) is 17.4 Å². The Balaban J connectivity index is 1.64. The van der Waals surface area contributed by atoms with Gasteiger partial charge in [0, 0.05) is 24.2 Å². The molecule has 1 N–H and O–H groups in total. The molecule has 0 atom stereocenters. The van der Waals surface area contributed by atoms with Crippen LogP contribution in [0.4, 0.5) is 11.6 Å². The van der Waals surface area contributed by atoms with Crippen LogP contribution in [0.25, 0.3) is 11.0 Å². The summed E-state index contributed by atoms with van der Waals surface area (Å²) >= 11 is 0. The number of hydrogen-bond donors (Lipinski definition) is 1. The number of nitrogens with one attached hydrogen (secondary N) is 1. The van der Waals surface area contributed by atoms with E-state index in [9.17, 15) is 9.59 Å². The number of nitrogens with zero attached hydrogens (tertiary/aromatic N) is 3. The topological polar surface area (TPSA) is 84.4 Å². The third-order valence-corrected chi connectivity index (χ3v) is 5.25. The second-order valence-electron chi connectivity index (χ2n) is 7.39. The van der Waals surface area contributed by atoms with Crippen molar-refractivity contribution < 1.29 is 14.3 Å². The lowest BCUT2D eigenvalue weighted by atomic mass is 10.0. The molecule has 0 aliphatic carbocycles. The van der Waals surface area contributed by atoms with E-state index in [1.165, 1.54) is 6.92 Å². The van der Waals surface area contributed by atoms with Crippen LogP contribution < -0.4 is 15.0 Å². The van der Waals surface area contributed by atoms with Gasteiger partial charge < -0.3 is 15.0 Å². The van der Waals surface area contributed by atoms with Crippen molar-refractivity contribution in [2.45, 2.75) is 26.2 Å². The Morgan fingerprint density at radius 2 is 1.77 bits per heavy atom. The van der Waals surface area contributed by atoms with E-state index in [0.717, 1.165) is 37.0 Å². The maximum atomic E-state index is 12.9. The fourth-order valence-electron chi connectivity index (χ4n) is 3.71. The average molecular weight is 404 g/mol. The zero-order chi connectivity index (χ0) is 21.1. The normalized spacial score (nSPS) is 13.5. The van der Waals surface area contributed by atoms with Crippen LogP contribution in [0.1, 0.15) is 35.7 Å². The van der Waals surface area contributed by atoms with Crippen molar-refractivity contribution in [3.8, 4) is 5.75 Å². The molecule has 1 saturated heterocycles. The number of anilines is 2. The van der Waals surface area contributed by atoms with E-state index >= 15 is 0 Å². The lowest BCUT2D eigenvalue weighted by Gasteiger charge is -2.20. The molecule has 1 aliphatic heterocycles. The van der Waals surface area contributed by atoms with Gasteiger partial charge in [0.2, 0.25) is 5.91 Å². The van der Waals surface area contributed by atoms with Gasteiger partial charge in [-0.15, -0.1) is 0 Å². The summed E-state index contributed by atoms with van der Waals surface area (Å²) in [7, 11) is 1.55. The quantitative estimate of drug-likeness (QED) is 0.632. The van der Waals surface area contributed by atoms with Gasteiger partial charge in [0.1, 0.15) is 5.75 Å². The van der Waals surface area contributed by atoms with Crippen LogP contribution in [-0.4, -0.2) is 41.9 Å². The Bertz CT molecular complexity index is 1110. The highest BCUT2D eigenvalue weighted by Gasteiger charge is 2.21. The first-order chi connectivity index (χ1) is 14.5. The summed E-state index contributed by atoms with van der Waals surface area (Å²) in [5.41, 5.74) is 2.72. The van der Waals surface area contributed by atoms with E-state index in [0.29, 0.717) is 28.5 Å². The highest BCUT2D eigenvalue weighted by Crippen LogP contribution is 2.28. The van der Waals surface area contributed by atoms with Crippen molar-refractivity contribution >= 4 is 34.4 Å². The van der Waals surface area contributed by atoms with Crippen molar-refractivity contribution in [1.82, 2.24) is 9.97 Å². The molecular weight excluding hydrogens is 380 g/mol. The van der Waals surface area contributed by atoms with Gasteiger partial charge >= 0.3 is 0 Å². The number of aromatic nitrogens is 2. The molecule has 0 bridgehead atoms. The zero-order valence-electron chi connectivity index (χ0n) is 17.1. The summed E-state index contributed by atoms with van der Waals surface area (Å²) < 4.78 is 5.37. The number of fused-ring (bicyclic) bond motifs is 1. The first-order valence-corrected chi connectivity index (χ1v) is 10.0. The number of hydrogen-bond acceptors (Lipinski definition) is 6. The number of rotatable bonds is 6. The van der Waals surface area contributed by atoms with Crippen LogP contribution >= 0.6 is 0 Å². The lowest BCUT2D eigenvalue weighted by Crippen LogP contribution is -2.24. The summed E-state index contributed by atoms with van der Waals surface area (Å²) in [6.45, 7) is 3.29. The first kappa shape index (κ1) is 19.8. The van der Waals surface area contributed by atoms with Crippen LogP contribution in [0.3, 0.4) is 0 Å². The number of carbonyl (C=O) groups excluding carboxylic acids is 2. The Hall–Kier alpha value is -3.48. The highest BCUT2D eigenvalue weighted by molar-refractivity contribution is 5.97. The highest BCUT2D eigenvalue weighted by atomic mass is 16.5. The first-order valence-electron chi connectivity index (χ1n) is 10.0. The Morgan fingerprint density at radius 1 is 1.07 bits per heavy atom. The van der Waals surface area contributed by atoms with Gasteiger partial charge in [-0.1, -0.05) is 12.1 Å². The van der Waals surface area contributed by atoms with Crippen molar-refractivity contribution in [2.24, 2.45) is 0 Å². The molecule has 0 saturated carbocycles. The minimum absolute atomic E-state index is 0.0592. The number of ether oxygens (including phenoxy) is 1. The molecule has 1 amide bonds. The van der Waals surface area contributed by atoms with Gasteiger partial charge in [0.05, 0.1) is 24.6 Å². The standard InChI is InChI=1S/C23H24N4O3/c1-15(28)16-9-10-20(30-2)17(13-16)14-21(29)26-22-23(27-11-5-6-12-27)25-19-8-4-3-7-18(19)24-22/h3-4,7-10,13H,5-6,11-12,14H2,1-2H3,(H,24,26,29). The van der Waals surface area contributed by atoms with Gasteiger partial charge in [-0.05, 0) is 50.1 Å². The van der Waals surface area contributed by atoms with E-state index in [2.05, 4.69) is 15.2 Å². The smallest absolute Gasteiger partial charge is 0.230 e. The maximum absolute atomic E-state index is 12.9. The van der Waals surface area contributed by atoms with E-state index in [-0.39, 0.29) is 18.1 Å². The molecule has 30 heavy (non-hydrogen) atoms. The van der Waals surface area contributed by atoms with Crippen LogP contribution in [0.2, 0.25) is 0 Å². The van der Waals surface area contributed by atoms with Crippen LogP contribution in [0.15, 0.2) is 42.5 Å². The summed E-state index contributed by atoms with van der Waals surface area (Å²) in [6, 6.07) is 12.7. The number of para-hydroxylation sites is 2. The summed E-state index contributed by atoms with van der Waals surface area (Å²) in [4.78, 5) is 36.2. The number of benzene rings is 2. The number of carbonyl (C=O) groups is 2. The summed E-state index contributed by atoms with van der Waals surface area (Å²) in [6.07, 6.45) is 2.26. The molecule has 154 valence electrons. The van der Waals surface area contributed by atoms with E-state index in [1.807, 2.05) is 24.3 Å². The molecule has 0 spiro atoms. The molecule has 4 rings (SSSR count). The predicted octanol–water partition coefficient (Wildman–Crippen LogP) is 3.62. The van der Waals surface area contributed by atoms with Gasteiger partial charge in [-0.2, -0.15) is 0 Å². The average Bonchev–Trinajstić information content (AvgIpc) is 3.27. The Labute approximate surface area is 175 Å². The van der Waals surface area contributed by atoms with Gasteiger partial charge in [-0.25, -0.2) is 9.97 Å². The molecule has 1 aliphatic rings.